The molecule has 0 aromatic rings. The van der Waals surface area contributed by atoms with E-state index in [0.29, 0.717) is 36.9 Å². The molecule has 8 unspecified atom stereocenters. The van der Waals surface area contributed by atoms with E-state index in [0.717, 1.165) is 38.5 Å². The third-order valence-electron chi connectivity index (χ3n) is 9.64. The lowest BCUT2D eigenvalue weighted by molar-refractivity contribution is -0.162. The van der Waals surface area contributed by atoms with E-state index in [9.17, 15) is 18.8 Å². The Balaban J connectivity index is 1.52. The molecule has 4 saturated carbocycles. The number of halogens is 1. The van der Waals surface area contributed by atoms with Crippen molar-refractivity contribution in [2.75, 3.05) is 7.11 Å². The smallest absolute Gasteiger partial charge is 0.305 e. The van der Waals surface area contributed by atoms with Gasteiger partial charge in [-0.15, -0.1) is 0 Å². The highest BCUT2D eigenvalue weighted by Crippen LogP contribution is 2.67. The Morgan fingerprint density at radius 3 is 2.48 bits per heavy atom. The number of methoxy groups -OCH3 is 1. The van der Waals surface area contributed by atoms with Crippen molar-refractivity contribution >= 4 is 17.5 Å². The third-order valence-corrected chi connectivity index (χ3v) is 9.64. The Bertz CT molecular complexity index is 705. The number of hydrogen-bond acceptors (Lipinski definition) is 4. The van der Waals surface area contributed by atoms with E-state index in [2.05, 4.69) is 13.8 Å². The topological polar surface area (TPSA) is 60.4 Å². The Morgan fingerprint density at radius 2 is 1.76 bits per heavy atom. The molecule has 0 radical (unpaired) electrons. The molecule has 4 aliphatic rings. The number of esters is 1. The predicted octanol–water partition coefficient (Wildman–Crippen LogP) is 4.68. The van der Waals surface area contributed by atoms with E-state index in [-0.39, 0.29) is 46.8 Å². The monoisotopic (exact) mass is 406 g/mol. The van der Waals surface area contributed by atoms with Crippen molar-refractivity contribution in [2.45, 2.75) is 84.2 Å². The highest BCUT2D eigenvalue weighted by molar-refractivity contribution is 5.88. The van der Waals surface area contributed by atoms with E-state index < -0.39 is 6.17 Å². The molecule has 4 rings (SSSR count). The predicted molar refractivity (Wildman–Crippen MR) is 107 cm³/mol. The van der Waals surface area contributed by atoms with Gasteiger partial charge in [0, 0.05) is 25.2 Å². The fourth-order valence-electron chi connectivity index (χ4n) is 7.92. The number of ketones is 2. The van der Waals surface area contributed by atoms with Gasteiger partial charge in [-0.1, -0.05) is 13.8 Å². The molecule has 0 bridgehead atoms. The average molecular weight is 407 g/mol. The van der Waals surface area contributed by atoms with Crippen LogP contribution in [0, 0.1) is 40.4 Å². The van der Waals surface area contributed by atoms with Crippen LogP contribution in [0.15, 0.2) is 0 Å². The zero-order valence-corrected chi connectivity index (χ0v) is 18.0. The summed E-state index contributed by atoms with van der Waals surface area (Å²) in [6.45, 7) is 4.51. The molecule has 4 nitrogen and oxygen atoms in total. The lowest BCUT2D eigenvalue weighted by atomic mass is 9.44. The summed E-state index contributed by atoms with van der Waals surface area (Å²) in [5.41, 5.74) is -0.0913. The average Bonchev–Trinajstić information content (AvgIpc) is 3.00. The highest BCUT2D eigenvalue weighted by atomic mass is 19.1. The fraction of sp³-hybridized carbons (Fsp3) is 0.875. The number of alkyl halides is 1. The molecule has 162 valence electrons. The van der Waals surface area contributed by atoms with Crippen LogP contribution in [0.5, 0.6) is 0 Å². The first-order valence-electron chi connectivity index (χ1n) is 11.5. The highest BCUT2D eigenvalue weighted by Gasteiger charge is 2.63. The summed E-state index contributed by atoms with van der Waals surface area (Å²) in [5.74, 6) is 1.05. The molecule has 4 fully saturated rings. The van der Waals surface area contributed by atoms with Gasteiger partial charge in [-0.05, 0) is 79.4 Å². The van der Waals surface area contributed by atoms with E-state index in [1.165, 1.54) is 7.11 Å². The lowest BCUT2D eigenvalue weighted by Gasteiger charge is -2.59. The second-order valence-electron chi connectivity index (χ2n) is 10.7. The van der Waals surface area contributed by atoms with Crippen LogP contribution in [0.2, 0.25) is 0 Å². The summed E-state index contributed by atoms with van der Waals surface area (Å²) < 4.78 is 19.2. The fourth-order valence-corrected chi connectivity index (χ4v) is 7.92. The Labute approximate surface area is 173 Å². The summed E-state index contributed by atoms with van der Waals surface area (Å²) in [6.07, 6.45) is 6.16. The van der Waals surface area contributed by atoms with E-state index in [4.69, 9.17) is 4.74 Å². The molecule has 0 N–H and O–H groups in total. The Kier molecular flexibility index (Phi) is 5.40. The molecular formula is C24H35FO4. The van der Waals surface area contributed by atoms with E-state index >= 15 is 0 Å². The molecule has 4 aliphatic carbocycles. The van der Waals surface area contributed by atoms with Crippen molar-refractivity contribution in [3.63, 3.8) is 0 Å². The van der Waals surface area contributed by atoms with Crippen molar-refractivity contribution in [3.05, 3.63) is 0 Å². The van der Waals surface area contributed by atoms with Crippen molar-refractivity contribution in [3.8, 4) is 0 Å². The molecule has 0 amide bonds. The maximum atomic E-state index is 14.4. The molecule has 0 aromatic heterocycles. The normalized spacial score (nSPS) is 46.6. The zero-order chi connectivity index (χ0) is 21.0. The van der Waals surface area contributed by atoms with Gasteiger partial charge >= 0.3 is 5.97 Å². The van der Waals surface area contributed by atoms with Crippen LogP contribution in [0.1, 0.15) is 78.1 Å². The largest absolute Gasteiger partial charge is 0.469 e. The first kappa shape index (κ1) is 21.0. The number of rotatable bonds is 4. The summed E-state index contributed by atoms with van der Waals surface area (Å²) in [5, 5.41) is 0. The third kappa shape index (κ3) is 3.27. The van der Waals surface area contributed by atoms with Crippen molar-refractivity contribution in [1.82, 2.24) is 0 Å². The molecule has 0 aliphatic heterocycles. The minimum Gasteiger partial charge on any atom is -0.469 e. The number of carbonyl (C=O) groups is 3. The number of carbonyl (C=O) groups excluding carboxylic acids is 3. The van der Waals surface area contributed by atoms with E-state index in [1.807, 2.05) is 0 Å². The Morgan fingerprint density at radius 1 is 1.07 bits per heavy atom. The van der Waals surface area contributed by atoms with Gasteiger partial charge in [0.2, 0.25) is 0 Å². The zero-order valence-electron chi connectivity index (χ0n) is 18.0. The van der Waals surface area contributed by atoms with Crippen LogP contribution in [0.25, 0.3) is 0 Å². The first-order valence-corrected chi connectivity index (χ1v) is 11.5. The van der Waals surface area contributed by atoms with Crippen molar-refractivity contribution in [2.24, 2.45) is 40.4 Å². The molecule has 0 heterocycles. The molecule has 0 aromatic carbocycles. The van der Waals surface area contributed by atoms with Crippen LogP contribution >= 0.6 is 0 Å². The number of fused-ring (bicyclic) bond motifs is 5. The second-order valence-corrected chi connectivity index (χ2v) is 10.7. The van der Waals surface area contributed by atoms with Gasteiger partial charge in [-0.3, -0.25) is 14.4 Å². The quantitative estimate of drug-likeness (QED) is 0.636. The number of ether oxygens (including phenoxy) is 1. The van der Waals surface area contributed by atoms with Gasteiger partial charge in [0.25, 0.3) is 0 Å². The van der Waals surface area contributed by atoms with Crippen LogP contribution < -0.4 is 0 Å². The van der Waals surface area contributed by atoms with E-state index in [1.54, 1.807) is 0 Å². The van der Waals surface area contributed by atoms with Gasteiger partial charge in [-0.2, -0.15) is 0 Å². The van der Waals surface area contributed by atoms with Gasteiger partial charge in [0.05, 0.1) is 7.11 Å². The summed E-state index contributed by atoms with van der Waals surface area (Å²) in [4.78, 5) is 36.7. The number of Topliss-reactive ketones (excluding diaryl/α,β-unsaturated/α-hetero) is 2. The first-order chi connectivity index (χ1) is 13.7. The SMILES string of the molecule is COC(=O)CCCC1CCC2C3C(=O)CC4CC(=O)C(F)CC4(C)C3CCC12C. The molecule has 5 heteroatoms. The van der Waals surface area contributed by atoms with Crippen LogP contribution in [0.4, 0.5) is 4.39 Å². The second kappa shape index (κ2) is 7.46. The van der Waals surface area contributed by atoms with Crippen LogP contribution in [-0.4, -0.2) is 30.8 Å². The maximum Gasteiger partial charge on any atom is 0.305 e. The molecule has 0 spiro atoms. The van der Waals surface area contributed by atoms with Gasteiger partial charge in [0.1, 0.15) is 5.78 Å². The van der Waals surface area contributed by atoms with Gasteiger partial charge < -0.3 is 4.74 Å². The Hall–Kier alpha value is -1.26. The molecule has 0 saturated heterocycles. The summed E-state index contributed by atoms with van der Waals surface area (Å²) >= 11 is 0. The molecule has 8 atom stereocenters. The molecule has 29 heavy (non-hydrogen) atoms. The van der Waals surface area contributed by atoms with Crippen molar-refractivity contribution < 1.29 is 23.5 Å². The van der Waals surface area contributed by atoms with Crippen molar-refractivity contribution in [1.29, 1.82) is 0 Å². The standard InChI is InChI=1S/C24H35FO4/c1-23-10-9-17-22(16(23)8-7-14(23)5-4-6-21(28)29-3)20(27)12-15-11-19(26)18(25)13-24(15,17)2/h14-18,22H,4-13H2,1-3H3. The van der Waals surface area contributed by atoms with Crippen LogP contribution in [0.3, 0.4) is 0 Å². The lowest BCUT2D eigenvalue weighted by Crippen LogP contribution is -2.58. The van der Waals surface area contributed by atoms with Gasteiger partial charge in [0.15, 0.2) is 12.0 Å². The van der Waals surface area contributed by atoms with Gasteiger partial charge in [-0.25, -0.2) is 4.39 Å². The maximum absolute atomic E-state index is 14.4. The molecular weight excluding hydrogens is 371 g/mol. The van der Waals surface area contributed by atoms with Crippen LogP contribution in [-0.2, 0) is 19.1 Å². The minimum absolute atomic E-state index is 0.0253. The number of hydrogen-bond donors (Lipinski definition) is 0. The summed E-state index contributed by atoms with van der Waals surface area (Å²) in [6, 6.07) is 0. The summed E-state index contributed by atoms with van der Waals surface area (Å²) in [7, 11) is 1.43. The minimum atomic E-state index is -1.35.